The molecule has 0 N–H and O–H groups in total. The highest BCUT2D eigenvalue weighted by Crippen LogP contribution is 2.47. The maximum absolute atomic E-state index is 6.18. The van der Waals surface area contributed by atoms with E-state index in [0.717, 1.165) is 44.2 Å². The number of rotatable bonds is 4. The predicted molar refractivity (Wildman–Crippen MR) is 368 cm³/mol. The number of furan rings is 2. The fourth-order valence-electron chi connectivity index (χ4n) is 14.0. The summed E-state index contributed by atoms with van der Waals surface area (Å²) < 4.78 is 22.5. The van der Waals surface area contributed by atoms with Crippen LogP contribution >= 0.6 is 22.7 Å². The molecule has 0 aliphatic carbocycles. The number of nitrogens with zero attached hydrogens (tertiary/aromatic N) is 2. The Morgan fingerprint density at radius 3 is 1.63 bits per heavy atom. The molecule has 0 radical (unpaired) electrons. The third-order valence-electron chi connectivity index (χ3n) is 18.0. The lowest BCUT2D eigenvalue weighted by Crippen LogP contribution is -1.94. The molecule has 0 spiro atoms. The molecule has 0 saturated carbocycles. The SMILES string of the molecule is c1ccc2c(c1)ccc1c2c2ccc3c4ccccc4sc3c2n1-c1ccc(-c2ccc3oc4ccccc4c3c2)cc1.c1ccc2cc3c(cc2c1)c1cc2sc4ccccc4c2cc1n3-c1ccc(-c2cccc3oc4ccccc4c23)cc1. The largest absolute Gasteiger partial charge is 0.456 e. The van der Waals surface area contributed by atoms with Crippen molar-refractivity contribution in [2.45, 2.75) is 0 Å². The molecule has 86 heavy (non-hydrogen) atoms. The zero-order valence-electron chi connectivity index (χ0n) is 46.1. The minimum atomic E-state index is 0.920. The summed E-state index contributed by atoms with van der Waals surface area (Å²) >= 11 is 3.77. The number of benzene rings is 14. The van der Waals surface area contributed by atoms with Crippen molar-refractivity contribution in [1.82, 2.24) is 9.13 Å². The lowest BCUT2D eigenvalue weighted by atomic mass is 9.99. The van der Waals surface area contributed by atoms with E-state index in [1.54, 1.807) is 0 Å². The van der Waals surface area contributed by atoms with Gasteiger partial charge in [-0.15, -0.1) is 22.7 Å². The molecule has 0 bridgehead atoms. The Hall–Kier alpha value is -10.8. The molecular weight excluding hydrogens is 1090 g/mol. The number of thiophene rings is 2. The zero-order chi connectivity index (χ0) is 56.1. The molecule has 0 aliphatic heterocycles. The van der Waals surface area contributed by atoms with Crippen LogP contribution in [0.5, 0.6) is 0 Å². The van der Waals surface area contributed by atoms with Gasteiger partial charge < -0.3 is 18.0 Å². The molecule has 0 amide bonds. The summed E-state index contributed by atoms with van der Waals surface area (Å²) in [7, 11) is 0. The number of hydrogen-bond donors (Lipinski definition) is 0. The molecule has 20 aromatic rings. The summed E-state index contributed by atoms with van der Waals surface area (Å²) in [5, 5.41) is 20.2. The number of hydrogen-bond acceptors (Lipinski definition) is 4. The second-order valence-electron chi connectivity index (χ2n) is 22.6. The normalized spacial score (nSPS) is 12.2. The lowest BCUT2D eigenvalue weighted by Gasteiger charge is -2.11. The van der Waals surface area contributed by atoms with Crippen LogP contribution in [0.4, 0.5) is 0 Å². The van der Waals surface area contributed by atoms with Crippen molar-refractivity contribution in [1.29, 1.82) is 0 Å². The van der Waals surface area contributed by atoms with Crippen LogP contribution in [0.25, 0.3) is 183 Å². The Labute approximate surface area is 499 Å². The number of aromatic nitrogens is 2. The van der Waals surface area contributed by atoms with E-state index in [9.17, 15) is 0 Å². The first-order valence-electron chi connectivity index (χ1n) is 29.2. The zero-order valence-corrected chi connectivity index (χ0v) is 47.7. The molecule has 0 saturated heterocycles. The molecule has 6 aromatic heterocycles. The highest BCUT2D eigenvalue weighted by molar-refractivity contribution is 7.26. The summed E-state index contributed by atoms with van der Waals surface area (Å²) in [5.41, 5.74) is 15.7. The van der Waals surface area contributed by atoms with Gasteiger partial charge in [-0.1, -0.05) is 182 Å². The minimum Gasteiger partial charge on any atom is -0.456 e. The topological polar surface area (TPSA) is 36.1 Å². The second-order valence-corrected chi connectivity index (χ2v) is 24.8. The Balaban J connectivity index is 0.000000126. The van der Waals surface area contributed by atoms with Crippen molar-refractivity contribution in [3.05, 3.63) is 279 Å². The number of para-hydroxylation sites is 2. The van der Waals surface area contributed by atoms with Crippen molar-refractivity contribution in [3.63, 3.8) is 0 Å². The van der Waals surface area contributed by atoms with Gasteiger partial charge in [0, 0.05) is 90.1 Å². The van der Waals surface area contributed by atoms with E-state index in [1.807, 2.05) is 46.9 Å². The lowest BCUT2D eigenvalue weighted by molar-refractivity contribution is 0.668. The van der Waals surface area contributed by atoms with E-state index in [2.05, 4.69) is 264 Å². The fraction of sp³-hybridized carbons (Fsp3) is 0. The van der Waals surface area contributed by atoms with Gasteiger partial charge in [-0.25, -0.2) is 0 Å². The Morgan fingerprint density at radius 2 is 0.826 bits per heavy atom. The summed E-state index contributed by atoms with van der Waals surface area (Å²) in [6.45, 7) is 0. The van der Waals surface area contributed by atoms with Crippen molar-refractivity contribution >= 4 is 172 Å². The van der Waals surface area contributed by atoms with E-state index < -0.39 is 0 Å². The van der Waals surface area contributed by atoms with Crippen LogP contribution in [-0.2, 0) is 0 Å². The second kappa shape index (κ2) is 18.4. The van der Waals surface area contributed by atoms with Gasteiger partial charge >= 0.3 is 0 Å². The van der Waals surface area contributed by atoms with Gasteiger partial charge in [0.25, 0.3) is 0 Å². The van der Waals surface area contributed by atoms with Gasteiger partial charge in [-0.05, 0) is 141 Å². The maximum atomic E-state index is 6.18. The van der Waals surface area contributed by atoms with Gasteiger partial charge in [0.1, 0.15) is 22.3 Å². The van der Waals surface area contributed by atoms with Gasteiger partial charge in [0.2, 0.25) is 0 Å². The third kappa shape index (κ3) is 7.09. The molecule has 6 heterocycles. The van der Waals surface area contributed by atoms with E-state index in [-0.39, 0.29) is 0 Å². The summed E-state index contributed by atoms with van der Waals surface area (Å²) in [5.74, 6) is 0. The highest BCUT2D eigenvalue weighted by atomic mass is 32.1. The van der Waals surface area contributed by atoms with Crippen molar-refractivity contribution in [2.75, 3.05) is 0 Å². The van der Waals surface area contributed by atoms with Crippen LogP contribution in [0, 0.1) is 0 Å². The van der Waals surface area contributed by atoms with Crippen LogP contribution in [0.1, 0.15) is 0 Å². The highest BCUT2D eigenvalue weighted by Gasteiger charge is 2.22. The molecular formula is C80H46N2O2S2. The first kappa shape index (κ1) is 47.7. The Morgan fingerprint density at radius 1 is 0.256 bits per heavy atom. The van der Waals surface area contributed by atoms with E-state index in [4.69, 9.17) is 8.83 Å². The van der Waals surface area contributed by atoms with Crippen LogP contribution in [0.2, 0.25) is 0 Å². The quantitative estimate of drug-likeness (QED) is 0.176. The minimum absolute atomic E-state index is 0.920. The average molecular weight is 1130 g/mol. The Kier molecular flexibility index (Phi) is 10.2. The van der Waals surface area contributed by atoms with Gasteiger partial charge in [0.05, 0.1) is 26.8 Å². The summed E-state index contributed by atoms with van der Waals surface area (Å²) in [6.07, 6.45) is 0. The van der Waals surface area contributed by atoms with Gasteiger partial charge in [0.15, 0.2) is 0 Å². The van der Waals surface area contributed by atoms with Crippen molar-refractivity contribution in [2.24, 2.45) is 0 Å². The average Bonchev–Trinajstić information content (AvgIpc) is 4.59. The van der Waals surface area contributed by atoms with E-state index in [1.165, 1.54) is 139 Å². The molecule has 0 aliphatic rings. The molecule has 0 fully saturated rings. The molecule has 0 unspecified atom stereocenters. The number of fused-ring (bicyclic) bond motifs is 22. The molecule has 6 heteroatoms. The molecule has 0 atom stereocenters. The van der Waals surface area contributed by atoms with Crippen LogP contribution < -0.4 is 0 Å². The van der Waals surface area contributed by atoms with Crippen LogP contribution in [0.3, 0.4) is 0 Å². The van der Waals surface area contributed by atoms with Crippen LogP contribution in [0.15, 0.2) is 288 Å². The van der Waals surface area contributed by atoms with Crippen LogP contribution in [-0.4, -0.2) is 9.13 Å². The molecule has 14 aromatic carbocycles. The smallest absolute Gasteiger partial charge is 0.136 e. The standard InChI is InChI=1S/2C40H23NOS/c1-2-9-26-21-34-31(20-25(26)8-1)32-23-39-33(29-10-4-6-15-38(29)43-39)22-35(32)41(34)27-18-16-24(17-19-27)28-12-7-14-37-40(28)30-11-3-5-13-36(30)42-37;1-2-8-28-25(7-1)15-21-34-38(28)32-20-19-31-30-10-4-6-12-37(30)43-40(31)39(32)41(34)27-17-13-24(14-18-27)26-16-22-36-33(23-26)29-9-3-5-11-35(29)42-36/h2*1-23H. The fourth-order valence-corrected chi connectivity index (χ4v) is 16.4. The van der Waals surface area contributed by atoms with E-state index in [0.29, 0.717) is 0 Å². The van der Waals surface area contributed by atoms with Gasteiger partial charge in [-0.2, -0.15) is 0 Å². The third-order valence-corrected chi connectivity index (χ3v) is 20.3. The summed E-state index contributed by atoms with van der Waals surface area (Å²) in [6, 6.07) is 101. The summed E-state index contributed by atoms with van der Waals surface area (Å²) in [4.78, 5) is 0. The predicted octanol–water partition coefficient (Wildman–Crippen LogP) is 23.7. The first-order chi connectivity index (χ1) is 42.6. The van der Waals surface area contributed by atoms with Crippen molar-refractivity contribution in [3.8, 4) is 33.6 Å². The molecule has 20 rings (SSSR count). The Bertz CT molecular complexity index is 6200. The van der Waals surface area contributed by atoms with Gasteiger partial charge in [-0.3, -0.25) is 0 Å². The monoisotopic (exact) mass is 1130 g/mol. The van der Waals surface area contributed by atoms with Crippen molar-refractivity contribution < 1.29 is 8.83 Å². The maximum Gasteiger partial charge on any atom is 0.136 e. The molecule has 4 nitrogen and oxygen atoms in total. The van der Waals surface area contributed by atoms with E-state index >= 15 is 0 Å². The first-order valence-corrected chi connectivity index (χ1v) is 30.8. The molecule has 400 valence electrons.